The molecule has 1 aliphatic rings. The van der Waals surface area contributed by atoms with Gasteiger partial charge in [0, 0.05) is 0 Å². The van der Waals surface area contributed by atoms with Crippen LogP contribution in [0, 0.1) is 11.8 Å². The Morgan fingerprint density at radius 3 is 1.60 bits per heavy atom. The topological polar surface area (TPSA) is 96.0 Å². The van der Waals surface area contributed by atoms with Gasteiger partial charge in [0.05, 0.1) is 14.2 Å². The van der Waals surface area contributed by atoms with Crippen molar-refractivity contribution < 1.29 is 33.4 Å². The maximum absolute atomic E-state index is 11.1. The van der Waals surface area contributed by atoms with E-state index in [1.165, 1.54) is 0 Å². The van der Waals surface area contributed by atoms with Crippen molar-refractivity contribution in [3.8, 4) is 0 Å². The maximum atomic E-state index is 11.1. The van der Waals surface area contributed by atoms with Crippen molar-refractivity contribution in [2.45, 2.75) is 0 Å². The molecule has 0 saturated carbocycles. The molecule has 82 valence electrons. The molecule has 1 heterocycles. The molecule has 0 aromatic heterocycles. The van der Waals surface area contributed by atoms with Crippen molar-refractivity contribution in [1.82, 2.24) is 0 Å². The molecular weight excluding hydrogens is 208 g/mol. The molecule has 7 nitrogen and oxygen atoms in total. The minimum Gasteiger partial charge on any atom is -0.468 e. The molecule has 0 spiro atoms. The van der Waals surface area contributed by atoms with Crippen LogP contribution in [0.2, 0.25) is 0 Å². The number of hydrogen-bond acceptors (Lipinski definition) is 7. The quantitative estimate of drug-likeness (QED) is 0.319. The van der Waals surface area contributed by atoms with E-state index < -0.39 is 35.7 Å². The van der Waals surface area contributed by atoms with Crippen LogP contribution in [0.4, 0.5) is 0 Å². The van der Waals surface area contributed by atoms with E-state index in [4.69, 9.17) is 0 Å². The molecule has 15 heavy (non-hydrogen) atoms. The molecule has 1 rings (SSSR count). The molecule has 0 bridgehead atoms. The highest BCUT2D eigenvalue weighted by Crippen LogP contribution is 2.25. The van der Waals surface area contributed by atoms with Crippen molar-refractivity contribution in [2.24, 2.45) is 11.8 Å². The highest BCUT2D eigenvalue weighted by atomic mass is 16.6. The molecule has 2 atom stereocenters. The van der Waals surface area contributed by atoms with E-state index >= 15 is 0 Å². The van der Waals surface area contributed by atoms with Crippen LogP contribution < -0.4 is 0 Å². The van der Waals surface area contributed by atoms with E-state index in [9.17, 15) is 19.2 Å². The second-order valence-electron chi connectivity index (χ2n) is 2.74. The molecule has 7 heteroatoms. The van der Waals surface area contributed by atoms with Crippen LogP contribution in [0.3, 0.4) is 0 Å². The SMILES string of the molecule is COC(=O)[C@H]1C(=O)OC(=O)[C@@H]1C(=O)OC. The van der Waals surface area contributed by atoms with Gasteiger partial charge in [-0.15, -0.1) is 0 Å². The van der Waals surface area contributed by atoms with Gasteiger partial charge in [-0.2, -0.15) is 0 Å². The van der Waals surface area contributed by atoms with Crippen LogP contribution >= 0.6 is 0 Å². The summed E-state index contributed by atoms with van der Waals surface area (Å²) in [5, 5.41) is 0. The van der Waals surface area contributed by atoms with Crippen molar-refractivity contribution in [3.63, 3.8) is 0 Å². The molecule has 1 aliphatic heterocycles. The minimum atomic E-state index is -1.56. The van der Waals surface area contributed by atoms with Gasteiger partial charge in [0.15, 0.2) is 11.8 Å². The third kappa shape index (κ3) is 1.80. The fourth-order valence-corrected chi connectivity index (χ4v) is 1.22. The Hall–Kier alpha value is -1.92. The molecule has 0 aromatic rings. The third-order valence-corrected chi connectivity index (χ3v) is 1.95. The zero-order valence-corrected chi connectivity index (χ0v) is 8.01. The largest absolute Gasteiger partial charge is 0.468 e. The summed E-state index contributed by atoms with van der Waals surface area (Å²) in [6, 6.07) is 0. The van der Waals surface area contributed by atoms with E-state index in [1.54, 1.807) is 0 Å². The van der Waals surface area contributed by atoms with Crippen LogP contribution in [0.15, 0.2) is 0 Å². The standard InChI is InChI=1S/C8H8O7/c1-13-5(9)3-4(6(10)14-2)8(12)15-7(3)11/h3-4H,1-2H3/t3-,4-/m0/s1. The Morgan fingerprint density at radius 2 is 1.33 bits per heavy atom. The summed E-state index contributed by atoms with van der Waals surface area (Å²) in [7, 11) is 2.07. The first-order chi connectivity index (χ1) is 7.02. The molecule has 0 N–H and O–H groups in total. The number of esters is 4. The van der Waals surface area contributed by atoms with E-state index in [0.29, 0.717) is 0 Å². The summed E-state index contributed by atoms with van der Waals surface area (Å²) in [5.74, 6) is -7.31. The van der Waals surface area contributed by atoms with Gasteiger partial charge in [-0.25, -0.2) is 0 Å². The van der Waals surface area contributed by atoms with E-state index in [0.717, 1.165) is 14.2 Å². The smallest absolute Gasteiger partial charge is 0.329 e. The zero-order chi connectivity index (χ0) is 11.6. The van der Waals surface area contributed by atoms with Crippen molar-refractivity contribution in [2.75, 3.05) is 14.2 Å². The molecule has 1 fully saturated rings. The van der Waals surface area contributed by atoms with Gasteiger partial charge < -0.3 is 14.2 Å². The van der Waals surface area contributed by atoms with Crippen LogP contribution in [-0.2, 0) is 33.4 Å². The first-order valence-corrected chi connectivity index (χ1v) is 3.94. The molecule has 0 unspecified atom stereocenters. The van der Waals surface area contributed by atoms with Gasteiger partial charge in [0.2, 0.25) is 0 Å². The molecule has 0 aromatic carbocycles. The van der Waals surface area contributed by atoms with Gasteiger partial charge in [0.25, 0.3) is 0 Å². The second-order valence-corrected chi connectivity index (χ2v) is 2.74. The van der Waals surface area contributed by atoms with Crippen LogP contribution in [0.5, 0.6) is 0 Å². The highest BCUT2D eigenvalue weighted by molar-refractivity contribution is 6.15. The molecular formula is C8H8O7. The molecule has 1 saturated heterocycles. The first kappa shape index (κ1) is 11.2. The first-order valence-electron chi connectivity index (χ1n) is 3.94. The van der Waals surface area contributed by atoms with Crippen molar-refractivity contribution in [3.05, 3.63) is 0 Å². The highest BCUT2D eigenvalue weighted by Gasteiger charge is 2.54. The molecule has 0 radical (unpaired) electrons. The van der Waals surface area contributed by atoms with Crippen molar-refractivity contribution in [1.29, 1.82) is 0 Å². The van der Waals surface area contributed by atoms with Crippen LogP contribution in [0.1, 0.15) is 0 Å². The number of rotatable bonds is 2. The summed E-state index contributed by atoms with van der Waals surface area (Å²) in [6.07, 6.45) is 0. The number of carbonyl (C=O) groups excluding carboxylic acids is 4. The van der Waals surface area contributed by atoms with Gasteiger partial charge in [-0.3, -0.25) is 19.2 Å². The van der Waals surface area contributed by atoms with Gasteiger partial charge in [-0.05, 0) is 0 Å². The van der Waals surface area contributed by atoms with E-state index in [1.807, 2.05) is 0 Å². The second kappa shape index (κ2) is 4.07. The Kier molecular flexibility index (Phi) is 3.03. The predicted octanol–water partition coefficient (Wildman–Crippen LogP) is -1.35. The Morgan fingerprint density at radius 1 is 1.00 bits per heavy atom. The number of carbonyl (C=O) groups is 4. The Labute approximate surface area is 84.3 Å². The number of cyclic esters (lactones) is 2. The van der Waals surface area contributed by atoms with Crippen LogP contribution in [-0.4, -0.2) is 38.1 Å². The third-order valence-electron chi connectivity index (χ3n) is 1.95. The Balaban J connectivity index is 3.00. The van der Waals surface area contributed by atoms with E-state index in [-0.39, 0.29) is 0 Å². The summed E-state index contributed by atoms with van der Waals surface area (Å²) in [5.41, 5.74) is 0. The van der Waals surface area contributed by atoms with Crippen molar-refractivity contribution >= 4 is 23.9 Å². The fraction of sp³-hybridized carbons (Fsp3) is 0.500. The average Bonchev–Trinajstić information content (AvgIpc) is 2.51. The molecule has 0 aliphatic carbocycles. The lowest BCUT2D eigenvalue weighted by Gasteiger charge is -2.08. The summed E-state index contributed by atoms with van der Waals surface area (Å²) in [6.45, 7) is 0. The minimum absolute atomic E-state index is 0.999. The molecule has 0 amide bonds. The predicted molar refractivity (Wildman–Crippen MR) is 42.1 cm³/mol. The number of ether oxygens (including phenoxy) is 3. The number of methoxy groups -OCH3 is 2. The summed E-state index contributed by atoms with van der Waals surface area (Å²) < 4.78 is 12.7. The lowest BCUT2D eigenvalue weighted by Crippen LogP contribution is -2.33. The van der Waals surface area contributed by atoms with Gasteiger partial charge in [-0.1, -0.05) is 0 Å². The lowest BCUT2D eigenvalue weighted by atomic mass is 9.95. The fourth-order valence-electron chi connectivity index (χ4n) is 1.22. The zero-order valence-electron chi connectivity index (χ0n) is 8.01. The van der Waals surface area contributed by atoms with E-state index in [2.05, 4.69) is 14.2 Å². The van der Waals surface area contributed by atoms with Gasteiger partial charge in [0.1, 0.15) is 0 Å². The maximum Gasteiger partial charge on any atom is 0.329 e. The van der Waals surface area contributed by atoms with Gasteiger partial charge >= 0.3 is 23.9 Å². The number of hydrogen-bond donors (Lipinski definition) is 0. The average molecular weight is 216 g/mol. The summed E-state index contributed by atoms with van der Waals surface area (Å²) in [4.78, 5) is 44.4. The monoisotopic (exact) mass is 216 g/mol. The van der Waals surface area contributed by atoms with Crippen LogP contribution in [0.25, 0.3) is 0 Å². The normalized spacial score (nSPS) is 24.7. The summed E-state index contributed by atoms with van der Waals surface area (Å²) >= 11 is 0. The Bertz CT molecular complexity index is 300. The lowest BCUT2D eigenvalue weighted by molar-refractivity contribution is -0.159.